The normalized spacial score (nSPS) is 18.0. The zero-order valence-electron chi connectivity index (χ0n) is 15.0. The van der Waals surface area contributed by atoms with Crippen molar-refractivity contribution in [3.63, 3.8) is 0 Å². The van der Waals surface area contributed by atoms with Gasteiger partial charge in [0.2, 0.25) is 0 Å². The quantitative estimate of drug-likeness (QED) is 0.866. The highest BCUT2D eigenvalue weighted by Crippen LogP contribution is 2.28. The summed E-state index contributed by atoms with van der Waals surface area (Å²) in [5.41, 5.74) is 1.38. The Hall–Kier alpha value is -1.40. The van der Waals surface area contributed by atoms with E-state index in [1.807, 2.05) is 17.7 Å². The second-order valence-electron chi connectivity index (χ2n) is 7.62. The van der Waals surface area contributed by atoms with Crippen LogP contribution in [0.2, 0.25) is 0 Å². The molecule has 2 N–H and O–H groups in total. The number of methoxy groups -OCH3 is 1. The van der Waals surface area contributed by atoms with Crippen LogP contribution in [0.4, 0.5) is 0 Å². The lowest BCUT2D eigenvalue weighted by atomic mass is 9.79. The molecular formula is C17H30N4O2. The van der Waals surface area contributed by atoms with E-state index < -0.39 is 0 Å². The van der Waals surface area contributed by atoms with Crippen LogP contribution in [0.3, 0.4) is 0 Å². The molecule has 6 nitrogen and oxygen atoms in total. The van der Waals surface area contributed by atoms with Crippen molar-refractivity contribution in [1.29, 1.82) is 0 Å². The molecule has 2 rings (SSSR count). The highest BCUT2D eigenvalue weighted by Gasteiger charge is 2.33. The summed E-state index contributed by atoms with van der Waals surface area (Å²) in [6, 6.07) is 1.85. The Bertz CT molecular complexity index is 534. The van der Waals surface area contributed by atoms with Gasteiger partial charge in [-0.3, -0.25) is 9.48 Å². The monoisotopic (exact) mass is 322 g/mol. The van der Waals surface area contributed by atoms with Crippen LogP contribution in [0, 0.1) is 12.3 Å². The number of aryl methyl sites for hydroxylation is 1. The Morgan fingerprint density at radius 1 is 1.43 bits per heavy atom. The number of rotatable bonds is 5. The number of amides is 1. The Morgan fingerprint density at radius 2 is 2.09 bits per heavy atom. The van der Waals surface area contributed by atoms with Crippen molar-refractivity contribution in [3.8, 4) is 0 Å². The van der Waals surface area contributed by atoms with E-state index in [1.54, 1.807) is 7.11 Å². The Morgan fingerprint density at radius 3 is 2.61 bits per heavy atom. The van der Waals surface area contributed by atoms with Crippen LogP contribution < -0.4 is 10.6 Å². The third-order valence-electron chi connectivity index (χ3n) is 4.49. The van der Waals surface area contributed by atoms with Crippen molar-refractivity contribution in [1.82, 2.24) is 20.4 Å². The average molecular weight is 322 g/mol. The number of carbonyl (C=O) groups is 1. The van der Waals surface area contributed by atoms with E-state index in [9.17, 15) is 4.79 Å². The number of nitrogens with zero attached hydrogens (tertiary/aromatic N) is 2. The minimum absolute atomic E-state index is 0.0251. The van der Waals surface area contributed by atoms with Crippen molar-refractivity contribution >= 4 is 5.91 Å². The molecule has 1 fully saturated rings. The first-order valence-electron chi connectivity index (χ1n) is 8.32. The van der Waals surface area contributed by atoms with E-state index in [-0.39, 0.29) is 16.9 Å². The van der Waals surface area contributed by atoms with Gasteiger partial charge in [0.15, 0.2) is 0 Å². The second kappa shape index (κ2) is 7.01. The lowest BCUT2D eigenvalue weighted by Crippen LogP contribution is -2.47. The fourth-order valence-electron chi connectivity index (χ4n) is 3.26. The molecule has 1 saturated heterocycles. The number of piperidine rings is 1. The highest BCUT2D eigenvalue weighted by atomic mass is 16.5. The molecule has 1 aromatic rings. The molecule has 0 radical (unpaired) electrons. The fourth-order valence-corrected chi connectivity index (χ4v) is 3.26. The topological polar surface area (TPSA) is 68.2 Å². The number of ether oxygens (including phenoxy) is 1. The van der Waals surface area contributed by atoms with Crippen molar-refractivity contribution in [3.05, 3.63) is 17.5 Å². The van der Waals surface area contributed by atoms with Gasteiger partial charge in [0.05, 0.1) is 12.1 Å². The van der Waals surface area contributed by atoms with Gasteiger partial charge in [0, 0.05) is 24.8 Å². The molecule has 0 atom stereocenters. The van der Waals surface area contributed by atoms with Crippen LogP contribution in [0.15, 0.2) is 6.07 Å². The number of carbonyl (C=O) groups excluding carboxylic acids is 1. The zero-order chi connectivity index (χ0) is 17.1. The lowest BCUT2D eigenvalue weighted by molar-refractivity contribution is 0.0510. The Kier molecular flexibility index (Phi) is 5.47. The molecular weight excluding hydrogens is 292 g/mol. The van der Waals surface area contributed by atoms with E-state index >= 15 is 0 Å². The predicted octanol–water partition coefficient (Wildman–Crippen LogP) is 1.69. The summed E-state index contributed by atoms with van der Waals surface area (Å²) >= 11 is 0. The van der Waals surface area contributed by atoms with Crippen LogP contribution in [0.25, 0.3) is 0 Å². The maximum atomic E-state index is 12.5. The first-order chi connectivity index (χ1) is 10.8. The third kappa shape index (κ3) is 4.32. The zero-order valence-corrected chi connectivity index (χ0v) is 15.0. The van der Waals surface area contributed by atoms with Gasteiger partial charge in [-0.1, -0.05) is 0 Å². The summed E-state index contributed by atoms with van der Waals surface area (Å²) in [5, 5.41) is 10.9. The molecule has 1 aliphatic heterocycles. The van der Waals surface area contributed by atoms with Gasteiger partial charge in [-0.25, -0.2) is 0 Å². The maximum Gasteiger partial charge on any atom is 0.271 e. The van der Waals surface area contributed by atoms with E-state index in [1.165, 1.54) is 0 Å². The summed E-state index contributed by atoms with van der Waals surface area (Å²) in [5.74, 6) is -0.106. The van der Waals surface area contributed by atoms with Gasteiger partial charge >= 0.3 is 0 Å². The van der Waals surface area contributed by atoms with E-state index in [0.29, 0.717) is 18.8 Å². The number of hydrogen-bond donors (Lipinski definition) is 2. The van der Waals surface area contributed by atoms with E-state index in [0.717, 1.165) is 31.6 Å². The van der Waals surface area contributed by atoms with Gasteiger partial charge < -0.3 is 15.4 Å². The lowest BCUT2D eigenvalue weighted by Gasteiger charge is -2.37. The summed E-state index contributed by atoms with van der Waals surface area (Å²) < 4.78 is 7.29. The van der Waals surface area contributed by atoms with Crippen LogP contribution in [-0.4, -0.2) is 49.0 Å². The smallest absolute Gasteiger partial charge is 0.271 e. The second-order valence-corrected chi connectivity index (χ2v) is 7.62. The predicted molar refractivity (Wildman–Crippen MR) is 90.7 cm³/mol. The minimum atomic E-state index is -0.130. The molecule has 1 amide bonds. The van der Waals surface area contributed by atoms with Crippen LogP contribution >= 0.6 is 0 Å². The molecule has 1 aliphatic rings. The van der Waals surface area contributed by atoms with Crippen molar-refractivity contribution in [2.24, 2.45) is 5.41 Å². The first-order valence-corrected chi connectivity index (χ1v) is 8.32. The number of hydrogen-bond acceptors (Lipinski definition) is 4. The van der Waals surface area contributed by atoms with Crippen molar-refractivity contribution < 1.29 is 9.53 Å². The summed E-state index contributed by atoms with van der Waals surface area (Å²) in [7, 11) is 1.72. The van der Waals surface area contributed by atoms with Crippen molar-refractivity contribution in [2.45, 2.75) is 46.1 Å². The molecule has 130 valence electrons. The molecule has 0 spiro atoms. The van der Waals surface area contributed by atoms with Crippen LogP contribution in [0.1, 0.15) is 49.8 Å². The van der Waals surface area contributed by atoms with Crippen LogP contribution in [-0.2, 0) is 10.3 Å². The molecule has 0 aliphatic carbocycles. The van der Waals surface area contributed by atoms with Gasteiger partial charge in [-0.15, -0.1) is 0 Å². The third-order valence-corrected chi connectivity index (χ3v) is 4.49. The SMILES string of the molecule is COCC1(CNC(=O)c2cc(C)n(C(C)(C)C)n2)CCNCC1. The number of nitrogens with one attached hydrogen (secondary N) is 2. The molecule has 2 heterocycles. The average Bonchev–Trinajstić information content (AvgIpc) is 2.88. The Labute approximate surface area is 139 Å². The minimum Gasteiger partial charge on any atom is -0.384 e. The van der Waals surface area contributed by atoms with Gasteiger partial charge in [-0.05, 0) is 59.7 Å². The first kappa shape index (κ1) is 17.9. The maximum absolute atomic E-state index is 12.5. The molecule has 0 bridgehead atoms. The largest absolute Gasteiger partial charge is 0.384 e. The van der Waals surface area contributed by atoms with Crippen molar-refractivity contribution in [2.75, 3.05) is 33.4 Å². The summed E-state index contributed by atoms with van der Waals surface area (Å²) in [6.45, 7) is 11.5. The van der Waals surface area contributed by atoms with E-state index in [4.69, 9.17) is 4.74 Å². The molecule has 0 unspecified atom stereocenters. The summed E-state index contributed by atoms with van der Waals surface area (Å²) in [6.07, 6.45) is 2.02. The van der Waals surface area contributed by atoms with Gasteiger partial charge in [-0.2, -0.15) is 5.10 Å². The molecule has 0 saturated carbocycles. The van der Waals surface area contributed by atoms with E-state index in [2.05, 4.69) is 36.5 Å². The standard InChI is InChI=1S/C17H30N4O2/c1-13-10-14(20-21(13)16(2,3)4)15(22)19-11-17(12-23-5)6-8-18-9-7-17/h10,18H,6-9,11-12H2,1-5H3,(H,19,22). The van der Waals surface area contributed by atoms with Gasteiger partial charge in [0.25, 0.3) is 5.91 Å². The fraction of sp³-hybridized carbons (Fsp3) is 0.765. The van der Waals surface area contributed by atoms with Gasteiger partial charge in [0.1, 0.15) is 5.69 Å². The molecule has 1 aromatic heterocycles. The Balaban J connectivity index is 2.04. The van der Waals surface area contributed by atoms with Crippen LogP contribution in [0.5, 0.6) is 0 Å². The summed E-state index contributed by atoms with van der Waals surface area (Å²) in [4.78, 5) is 12.5. The number of aromatic nitrogens is 2. The highest BCUT2D eigenvalue weighted by molar-refractivity contribution is 5.92. The molecule has 23 heavy (non-hydrogen) atoms. The molecule has 0 aromatic carbocycles. The molecule has 6 heteroatoms.